The summed E-state index contributed by atoms with van der Waals surface area (Å²) >= 11 is 0. The summed E-state index contributed by atoms with van der Waals surface area (Å²) in [5.74, 6) is -0.768. The van der Waals surface area contributed by atoms with Crippen molar-refractivity contribution in [2.75, 3.05) is 7.05 Å². The van der Waals surface area contributed by atoms with E-state index in [0.717, 1.165) is 6.08 Å². The summed E-state index contributed by atoms with van der Waals surface area (Å²) < 4.78 is 0. The van der Waals surface area contributed by atoms with E-state index in [4.69, 9.17) is 16.7 Å². The van der Waals surface area contributed by atoms with Crippen LogP contribution in [0.3, 0.4) is 0 Å². The molecule has 5 heteroatoms. The van der Waals surface area contributed by atoms with Gasteiger partial charge in [0, 0.05) is 13.1 Å². The molecule has 9 heavy (non-hydrogen) atoms. The van der Waals surface area contributed by atoms with Crippen molar-refractivity contribution in [2.24, 2.45) is 11.5 Å². The first-order valence-corrected chi connectivity index (χ1v) is 2.23. The van der Waals surface area contributed by atoms with Gasteiger partial charge >= 0.3 is 0 Å². The fourth-order valence-corrected chi connectivity index (χ4v) is 0.239. The van der Waals surface area contributed by atoms with E-state index in [9.17, 15) is 4.79 Å². The molecule has 0 fully saturated rings. The van der Waals surface area contributed by atoms with E-state index >= 15 is 0 Å². The van der Waals surface area contributed by atoms with Crippen LogP contribution in [0, 0.1) is 0 Å². The summed E-state index contributed by atoms with van der Waals surface area (Å²) in [4.78, 5) is 10.0. The van der Waals surface area contributed by atoms with Crippen molar-refractivity contribution >= 4 is 5.91 Å². The molecule has 0 aliphatic rings. The second-order valence-corrected chi connectivity index (χ2v) is 1.50. The largest absolute Gasteiger partial charge is 0.384 e. The number of carbonyl (C=O) groups excluding carboxylic acids is 1. The maximum atomic E-state index is 10.0. The van der Waals surface area contributed by atoms with Crippen LogP contribution in [-0.2, 0) is 4.79 Å². The quantitative estimate of drug-likeness (QED) is 0.317. The molecule has 0 spiro atoms. The lowest BCUT2D eigenvalue weighted by atomic mass is 10.5. The number of nitrogens with two attached hydrogens (primary N) is 2. The molecule has 0 saturated heterocycles. The summed E-state index contributed by atoms with van der Waals surface area (Å²) in [5, 5.41) is 9.10. The smallest absolute Gasteiger partial charge is 0.245 e. The van der Waals surface area contributed by atoms with Crippen molar-refractivity contribution < 1.29 is 10.0 Å². The molecule has 0 radical (unpaired) electrons. The number of nitrogens with zero attached hydrogens (tertiary/aromatic N) is 1. The van der Waals surface area contributed by atoms with Gasteiger partial charge in [0.2, 0.25) is 5.91 Å². The number of hydrogen-bond donors (Lipinski definition) is 3. The Morgan fingerprint density at radius 3 is 2.22 bits per heavy atom. The molecule has 5 N–H and O–H groups in total. The maximum absolute atomic E-state index is 10.0. The van der Waals surface area contributed by atoms with Gasteiger partial charge in [-0.1, -0.05) is 0 Å². The molecule has 5 nitrogen and oxygen atoms in total. The molecule has 0 aliphatic carbocycles. The Bertz CT molecular complexity index is 141. The van der Waals surface area contributed by atoms with Gasteiger partial charge in [-0.15, -0.1) is 0 Å². The average Bonchev–Trinajstić information content (AvgIpc) is 1.63. The van der Waals surface area contributed by atoms with Gasteiger partial charge < -0.3 is 11.5 Å². The topological polar surface area (TPSA) is 92.6 Å². The van der Waals surface area contributed by atoms with E-state index in [-0.39, 0.29) is 5.82 Å². The van der Waals surface area contributed by atoms with Crippen molar-refractivity contribution in [2.45, 2.75) is 0 Å². The van der Waals surface area contributed by atoms with Crippen LogP contribution in [-0.4, -0.2) is 23.2 Å². The van der Waals surface area contributed by atoms with E-state index in [1.165, 1.54) is 7.05 Å². The van der Waals surface area contributed by atoms with E-state index in [1.54, 1.807) is 0 Å². The predicted octanol–water partition coefficient (Wildman–Crippen LogP) is -1.41. The molecule has 0 rings (SSSR count). The zero-order chi connectivity index (χ0) is 7.44. The minimum Gasteiger partial charge on any atom is -0.384 e. The van der Waals surface area contributed by atoms with Crippen LogP contribution >= 0.6 is 0 Å². The number of rotatable bonds is 2. The van der Waals surface area contributed by atoms with Crippen LogP contribution in [0.1, 0.15) is 0 Å². The van der Waals surface area contributed by atoms with Gasteiger partial charge in [0.1, 0.15) is 5.82 Å². The second-order valence-electron chi connectivity index (χ2n) is 1.50. The molecule has 52 valence electrons. The number of carbonyl (C=O) groups is 1. The zero-order valence-electron chi connectivity index (χ0n) is 5.03. The molecule has 0 unspecified atom stereocenters. The monoisotopic (exact) mass is 131 g/mol. The fourth-order valence-electron chi connectivity index (χ4n) is 0.239. The molecule has 0 aromatic carbocycles. The molecule has 0 saturated carbocycles. The molecule has 0 atom stereocenters. The van der Waals surface area contributed by atoms with Crippen LogP contribution in [0.15, 0.2) is 11.9 Å². The van der Waals surface area contributed by atoms with Crippen molar-refractivity contribution in [3.8, 4) is 0 Å². The number of hydrogen-bond acceptors (Lipinski definition) is 4. The van der Waals surface area contributed by atoms with Gasteiger partial charge in [-0.2, -0.15) is 0 Å². The first kappa shape index (κ1) is 7.77. The van der Waals surface area contributed by atoms with Crippen LogP contribution in [0.4, 0.5) is 0 Å². The van der Waals surface area contributed by atoms with Crippen LogP contribution in [0.2, 0.25) is 0 Å². The van der Waals surface area contributed by atoms with E-state index in [0.29, 0.717) is 5.06 Å². The van der Waals surface area contributed by atoms with Crippen LogP contribution in [0.5, 0.6) is 0 Å². The van der Waals surface area contributed by atoms with Crippen molar-refractivity contribution in [1.29, 1.82) is 0 Å². The molecule has 0 aromatic heterocycles. The minimum atomic E-state index is -0.687. The standard InChI is InChI=1S/C4H9N3O2/c1-7(9)3(5)2-4(6)8/h2,9H,5H2,1H3,(H2,6,8)/b3-2-. The Kier molecular flexibility index (Phi) is 2.53. The summed E-state index contributed by atoms with van der Waals surface area (Å²) in [6.45, 7) is 0. The van der Waals surface area contributed by atoms with Crippen LogP contribution < -0.4 is 11.5 Å². The third-order valence-electron chi connectivity index (χ3n) is 0.664. The molecule has 0 aromatic rings. The first-order chi connectivity index (χ1) is 4.04. The average molecular weight is 131 g/mol. The highest BCUT2D eigenvalue weighted by molar-refractivity contribution is 5.86. The molecule has 0 heterocycles. The minimum absolute atomic E-state index is 0.0810. The van der Waals surface area contributed by atoms with Gasteiger partial charge in [-0.25, -0.2) is 5.06 Å². The number of amides is 1. The Hall–Kier alpha value is -1.23. The highest BCUT2D eigenvalue weighted by atomic mass is 16.5. The normalized spacial score (nSPS) is 11.1. The van der Waals surface area contributed by atoms with Gasteiger partial charge in [-0.05, 0) is 0 Å². The van der Waals surface area contributed by atoms with Crippen molar-refractivity contribution in [1.82, 2.24) is 5.06 Å². The maximum Gasteiger partial charge on any atom is 0.245 e. The van der Waals surface area contributed by atoms with Crippen molar-refractivity contribution in [3.63, 3.8) is 0 Å². The molecular formula is C4H9N3O2. The Morgan fingerprint density at radius 1 is 1.67 bits per heavy atom. The van der Waals surface area contributed by atoms with Gasteiger partial charge in [-0.3, -0.25) is 10.0 Å². The zero-order valence-corrected chi connectivity index (χ0v) is 5.03. The van der Waals surface area contributed by atoms with Gasteiger partial charge in [0.15, 0.2) is 0 Å². The Labute approximate surface area is 52.5 Å². The van der Waals surface area contributed by atoms with Gasteiger partial charge in [0.25, 0.3) is 0 Å². The lowest BCUT2D eigenvalue weighted by Gasteiger charge is -2.07. The summed E-state index contributed by atoms with van der Waals surface area (Å²) in [5.41, 5.74) is 9.75. The highest BCUT2D eigenvalue weighted by Gasteiger charge is 1.94. The SMILES string of the molecule is CN(O)/C(N)=C\C(N)=O. The van der Waals surface area contributed by atoms with Crippen LogP contribution in [0.25, 0.3) is 0 Å². The molecular weight excluding hydrogens is 122 g/mol. The summed E-state index contributed by atoms with van der Waals surface area (Å²) in [6, 6.07) is 0. The number of hydroxylamine groups is 2. The molecule has 1 amide bonds. The lowest BCUT2D eigenvalue weighted by Crippen LogP contribution is -2.22. The predicted molar refractivity (Wildman–Crippen MR) is 31.0 cm³/mol. The van der Waals surface area contributed by atoms with Gasteiger partial charge in [0.05, 0.1) is 0 Å². The fraction of sp³-hybridized carbons (Fsp3) is 0.250. The Morgan fingerprint density at radius 2 is 2.11 bits per heavy atom. The molecule has 0 bridgehead atoms. The lowest BCUT2D eigenvalue weighted by molar-refractivity contribution is -0.114. The third-order valence-corrected chi connectivity index (χ3v) is 0.664. The molecule has 0 aliphatic heterocycles. The number of primary amides is 1. The highest BCUT2D eigenvalue weighted by Crippen LogP contribution is 1.84. The van der Waals surface area contributed by atoms with E-state index in [1.807, 2.05) is 0 Å². The third kappa shape index (κ3) is 3.36. The first-order valence-electron chi connectivity index (χ1n) is 2.23. The van der Waals surface area contributed by atoms with E-state index in [2.05, 4.69) is 0 Å². The van der Waals surface area contributed by atoms with Crippen molar-refractivity contribution in [3.05, 3.63) is 11.9 Å². The van der Waals surface area contributed by atoms with E-state index < -0.39 is 5.91 Å². The summed E-state index contributed by atoms with van der Waals surface area (Å²) in [7, 11) is 1.29. The second kappa shape index (κ2) is 2.93. The Balaban J connectivity index is 4.00. The summed E-state index contributed by atoms with van der Waals surface area (Å²) in [6.07, 6.45) is 0.917.